The highest BCUT2D eigenvalue weighted by atomic mass is 16.6. The van der Waals surface area contributed by atoms with Crippen LogP contribution < -0.4 is 4.74 Å². The maximum Gasteiger partial charge on any atom is 0.269 e. The van der Waals surface area contributed by atoms with Crippen molar-refractivity contribution in [1.82, 2.24) is 5.01 Å². The lowest BCUT2D eigenvalue weighted by atomic mass is 9.71. The maximum absolute atomic E-state index is 13.9. The molecule has 1 spiro atoms. The van der Waals surface area contributed by atoms with E-state index in [4.69, 9.17) is 9.84 Å². The zero-order valence-electron chi connectivity index (χ0n) is 16.8. The number of hydrogen-bond acceptors (Lipinski definition) is 6. The summed E-state index contributed by atoms with van der Waals surface area (Å²) in [7, 11) is 1.78. The fourth-order valence-corrected chi connectivity index (χ4v) is 4.50. The molecule has 3 aromatic carbocycles. The second-order valence-corrected chi connectivity index (χ2v) is 7.69. The van der Waals surface area contributed by atoms with Crippen LogP contribution in [-0.2, 0) is 0 Å². The van der Waals surface area contributed by atoms with Crippen LogP contribution in [-0.4, -0.2) is 40.6 Å². The van der Waals surface area contributed by atoms with Crippen molar-refractivity contribution in [3.8, 4) is 5.75 Å². The summed E-state index contributed by atoms with van der Waals surface area (Å²) < 4.78 is 6.06. The molecule has 0 radical (unpaired) electrons. The van der Waals surface area contributed by atoms with Crippen molar-refractivity contribution in [3.63, 3.8) is 0 Å². The molecule has 0 aliphatic carbocycles. The van der Waals surface area contributed by atoms with Gasteiger partial charge in [0.1, 0.15) is 12.4 Å². The highest BCUT2D eigenvalue weighted by Crippen LogP contribution is 2.47. The minimum Gasteiger partial charge on any atom is -0.490 e. The minimum atomic E-state index is -1.05. The number of nitro benzene ring substituents is 1. The van der Waals surface area contributed by atoms with Crippen LogP contribution in [0.15, 0.2) is 84.0 Å². The van der Waals surface area contributed by atoms with Gasteiger partial charge in [0.15, 0.2) is 11.3 Å². The summed E-state index contributed by atoms with van der Waals surface area (Å²) >= 11 is 0. The number of hydrazone groups is 1. The van der Waals surface area contributed by atoms with E-state index in [1.54, 1.807) is 36.3 Å². The molecule has 0 aromatic heterocycles. The molecule has 0 bridgehead atoms. The largest absolute Gasteiger partial charge is 0.490 e. The number of likely N-dealkylation sites (N-methyl/N-ethyl adjacent to an activating group) is 1. The molecule has 31 heavy (non-hydrogen) atoms. The van der Waals surface area contributed by atoms with Gasteiger partial charge in [-0.05, 0) is 35.4 Å². The molecule has 3 aromatic rings. The van der Waals surface area contributed by atoms with Crippen molar-refractivity contribution in [1.29, 1.82) is 0 Å². The van der Waals surface area contributed by atoms with E-state index in [9.17, 15) is 14.9 Å². The molecule has 2 heterocycles. The van der Waals surface area contributed by atoms with Gasteiger partial charge in [-0.2, -0.15) is 5.10 Å². The fourth-order valence-electron chi connectivity index (χ4n) is 4.50. The molecule has 0 amide bonds. The topological polar surface area (TPSA) is 85.0 Å². The van der Waals surface area contributed by atoms with Crippen molar-refractivity contribution in [3.05, 3.63) is 106 Å². The van der Waals surface area contributed by atoms with Crippen molar-refractivity contribution in [2.45, 2.75) is 11.5 Å². The van der Waals surface area contributed by atoms with E-state index in [0.29, 0.717) is 17.0 Å². The predicted molar refractivity (Wildman–Crippen MR) is 116 cm³/mol. The van der Waals surface area contributed by atoms with Crippen LogP contribution in [0.1, 0.15) is 27.4 Å². The maximum atomic E-state index is 13.9. The number of ether oxygens (including phenoxy) is 1. The second kappa shape index (κ2) is 7.05. The van der Waals surface area contributed by atoms with E-state index < -0.39 is 16.4 Å². The van der Waals surface area contributed by atoms with Gasteiger partial charge >= 0.3 is 0 Å². The van der Waals surface area contributed by atoms with Crippen LogP contribution in [0.5, 0.6) is 5.75 Å². The Labute approximate surface area is 178 Å². The Morgan fingerprint density at radius 1 is 1.03 bits per heavy atom. The Balaban J connectivity index is 1.67. The van der Waals surface area contributed by atoms with Gasteiger partial charge in [0.2, 0.25) is 0 Å². The number of Topliss-reactive ketones (excluding diaryl/α,β-unsaturated/α-hetero) is 1. The first-order valence-corrected chi connectivity index (χ1v) is 9.91. The Hall–Kier alpha value is -4.00. The van der Waals surface area contributed by atoms with Crippen molar-refractivity contribution in [2.75, 3.05) is 13.7 Å². The quantitative estimate of drug-likeness (QED) is 0.478. The van der Waals surface area contributed by atoms with Crippen molar-refractivity contribution in [2.24, 2.45) is 5.10 Å². The molecule has 0 fully saturated rings. The van der Waals surface area contributed by atoms with E-state index in [1.807, 2.05) is 42.5 Å². The minimum absolute atomic E-state index is 0.00711. The summed E-state index contributed by atoms with van der Waals surface area (Å²) in [5.74, 6) is 0.120. The summed E-state index contributed by atoms with van der Waals surface area (Å²) in [4.78, 5) is 24.5. The van der Waals surface area contributed by atoms with Gasteiger partial charge in [-0.15, -0.1) is 0 Å². The molecule has 2 aliphatic heterocycles. The number of rotatable bonds is 3. The zero-order chi connectivity index (χ0) is 21.6. The van der Waals surface area contributed by atoms with E-state index >= 15 is 0 Å². The lowest BCUT2D eigenvalue weighted by molar-refractivity contribution is -0.384. The van der Waals surface area contributed by atoms with Crippen LogP contribution in [0.25, 0.3) is 0 Å². The highest BCUT2D eigenvalue weighted by molar-refractivity contribution is 6.16. The van der Waals surface area contributed by atoms with Gasteiger partial charge in [-0.1, -0.05) is 42.5 Å². The lowest BCUT2D eigenvalue weighted by Crippen LogP contribution is -2.59. The molecule has 7 heteroatoms. The van der Waals surface area contributed by atoms with Gasteiger partial charge in [-0.25, -0.2) is 0 Å². The average molecular weight is 413 g/mol. The van der Waals surface area contributed by atoms with E-state index in [-0.39, 0.29) is 18.1 Å². The number of nitro groups is 1. The van der Waals surface area contributed by atoms with Crippen LogP contribution >= 0.6 is 0 Å². The Morgan fingerprint density at radius 2 is 1.71 bits per heavy atom. The number of ketones is 1. The molecule has 2 aliphatic rings. The zero-order valence-corrected chi connectivity index (χ0v) is 16.8. The highest BCUT2D eigenvalue weighted by Gasteiger charge is 2.58. The first-order valence-electron chi connectivity index (χ1n) is 9.91. The molecule has 154 valence electrons. The molecule has 0 saturated carbocycles. The fraction of sp³-hybridized carbons (Fsp3) is 0.167. The third-order valence-electron chi connectivity index (χ3n) is 6.07. The molecule has 1 unspecified atom stereocenters. The van der Waals surface area contributed by atoms with Gasteiger partial charge in [0.05, 0.1) is 22.1 Å². The lowest BCUT2D eigenvalue weighted by Gasteiger charge is -2.41. The monoisotopic (exact) mass is 413 g/mol. The Morgan fingerprint density at radius 3 is 2.42 bits per heavy atom. The molecule has 2 atom stereocenters. The number of non-ortho nitro benzene ring substituents is 1. The third-order valence-corrected chi connectivity index (χ3v) is 6.07. The SMILES string of the molecule is CN1N=C(c2ccc([N+](=O)[O-])cc2)[C@@H](c2ccccc2)C12COc1ccccc1C2=O. The van der Waals surface area contributed by atoms with Gasteiger partial charge in [-0.3, -0.25) is 19.9 Å². The standard InChI is InChI=1S/C24H19N3O4/c1-26-24(15-31-20-10-6-5-9-19(20)23(24)28)21(16-7-3-2-4-8-16)22(25-26)17-11-13-18(14-12-17)27(29)30/h2-14,21H,15H2,1H3/t21-,24?/m1/s1. The van der Waals surface area contributed by atoms with Crippen molar-refractivity contribution < 1.29 is 14.5 Å². The number of nitrogens with zero attached hydrogens (tertiary/aromatic N) is 3. The smallest absolute Gasteiger partial charge is 0.269 e. The number of carbonyl (C=O) groups is 1. The van der Waals surface area contributed by atoms with Crippen molar-refractivity contribution >= 4 is 17.2 Å². The molecule has 0 saturated heterocycles. The second-order valence-electron chi connectivity index (χ2n) is 7.69. The molecular formula is C24H19N3O4. The van der Waals surface area contributed by atoms with E-state index in [2.05, 4.69) is 0 Å². The summed E-state index contributed by atoms with van der Waals surface area (Å²) in [5.41, 5.74) is 1.83. The van der Waals surface area contributed by atoms with Gasteiger partial charge in [0, 0.05) is 19.2 Å². The molecule has 0 N–H and O–H groups in total. The Kier molecular flexibility index (Phi) is 4.32. The summed E-state index contributed by atoms with van der Waals surface area (Å²) in [6.45, 7) is 0.152. The number of carbonyl (C=O) groups excluding carboxylic acids is 1. The predicted octanol–water partition coefficient (Wildman–Crippen LogP) is 4.04. The molecule has 5 rings (SSSR count). The number of benzene rings is 3. The van der Waals surface area contributed by atoms with Crippen LogP contribution in [0.2, 0.25) is 0 Å². The van der Waals surface area contributed by atoms with Gasteiger partial charge < -0.3 is 4.74 Å². The van der Waals surface area contributed by atoms with Crippen LogP contribution in [0.4, 0.5) is 5.69 Å². The van der Waals surface area contributed by atoms with Crippen LogP contribution in [0, 0.1) is 10.1 Å². The summed E-state index contributed by atoms with van der Waals surface area (Å²) in [5, 5.41) is 17.5. The molecular weight excluding hydrogens is 394 g/mol. The van der Waals surface area contributed by atoms with E-state index in [1.165, 1.54) is 12.1 Å². The summed E-state index contributed by atoms with van der Waals surface area (Å²) in [6.07, 6.45) is 0. The first-order chi connectivity index (χ1) is 15.0. The van der Waals surface area contributed by atoms with Gasteiger partial charge in [0.25, 0.3) is 5.69 Å². The average Bonchev–Trinajstić information content (AvgIpc) is 3.10. The normalized spacial score (nSPS) is 22.1. The third kappa shape index (κ3) is 2.81. The van der Waals surface area contributed by atoms with E-state index in [0.717, 1.165) is 11.1 Å². The number of hydrogen-bond donors (Lipinski definition) is 0. The molecule has 7 nitrogen and oxygen atoms in total. The Bertz CT molecular complexity index is 1210. The number of para-hydroxylation sites is 1. The first kappa shape index (κ1) is 19.0. The van der Waals surface area contributed by atoms with Crippen LogP contribution in [0.3, 0.4) is 0 Å². The summed E-state index contributed by atoms with van der Waals surface area (Å²) in [6, 6.07) is 23.2. The number of fused-ring (bicyclic) bond motifs is 1.